The normalized spacial score (nSPS) is 11.2. The summed E-state index contributed by atoms with van der Waals surface area (Å²) in [4.78, 5) is 23.3. The molecule has 6 heteroatoms. The number of methoxy groups -OCH3 is 1. The Labute approximate surface area is 128 Å². The summed E-state index contributed by atoms with van der Waals surface area (Å²) >= 11 is 1.82. The van der Waals surface area contributed by atoms with Crippen LogP contribution in [0.15, 0.2) is 27.4 Å². The third-order valence-corrected chi connectivity index (χ3v) is 3.68. The third kappa shape index (κ3) is 2.69. The number of halogens is 1. The Kier molecular flexibility index (Phi) is 4.12. The first-order chi connectivity index (χ1) is 9.43. The van der Waals surface area contributed by atoms with Gasteiger partial charge in [-0.15, -0.1) is 0 Å². The van der Waals surface area contributed by atoms with Gasteiger partial charge in [0.15, 0.2) is 0 Å². The Hall–Kier alpha value is -1.83. The first-order valence-corrected chi connectivity index (χ1v) is 6.74. The zero-order chi connectivity index (χ0) is 14.9. The van der Waals surface area contributed by atoms with Crippen molar-refractivity contribution in [1.82, 2.24) is 0 Å². The van der Waals surface area contributed by atoms with Gasteiger partial charge in [-0.05, 0) is 53.3 Å². The highest BCUT2D eigenvalue weighted by Gasteiger charge is 2.14. The molecular formula is C14H11IO5. The lowest BCUT2D eigenvalue weighted by Gasteiger charge is -2.05. The van der Waals surface area contributed by atoms with Gasteiger partial charge in [-0.3, -0.25) is 4.79 Å². The van der Waals surface area contributed by atoms with Crippen LogP contribution in [0.3, 0.4) is 0 Å². The van der Waals surface area contributed by atoms with Crippen molar-refractivity contribution in [2.45, 2.75) is 6.92 Å². The minimum absolute atomic E-state index is 0.116. The quantitative estimate of drug-likeness (QED) is 0.488. The van der Waals surface area contributed by atoms with Gasteiger partial charge in [0.2, 0.25) is 5.43 Å². The van der Waals surface area contributed by atoms with Crippen LogP contribution < -0.4 is 5.43 Å². The van der Waals surface area contributed by atoms with Crippen molar-refractivity contribution in [1.29, 1.82) is 0 Å². The van der Waals surface area contributed by atoms with Gasteiger partial charge in [0.05, 0.1) is 7.11 Å². The van der Waals surface area contributed by atoms with E-state index in [0.717, 1.165) is 5.56 Å². The number of hydrogen-bond acceptors (Lipinski definition) is 5. The lowest BCUT2D eigenvalue weighted by atomic mass is 10.1. The second-order valence-corrected chi connectivity index (χ2v) is 5.20. The van der Waals surface area contributed by atoms with Gasteiger partial charge in [-0.1, -0.05) is 0 Å². The van der Waals surface area contributed by atoms with Crippen LogP contribution in [-0.4, -0.2) is 18.2 Å². The van der Waals surface area contributed by atoms with Gasteiger partial charge in [0.1, 0.15) is 26.0 Å². The first-order valence-electron chi connectivity index (χ1n) is 5.66. The fraction of sp³-hybridized carbons (Fsp3) is 0.143. The molecule has 0 radical (unpaired) electrons. The predicted octanol–water partition coefficient (Wildman–Crippen LogP) is 2.60. The molecule has 1 N–H and O–H groups in total. The van der Waals surface area contributed by atoms with Crippen LogP contribution in [0.1, 0.15) is 11.3 Å². The Bertz CT molecular complexity index is 773. The molecule has 0 aliphatic rings. The van der Waals surface area contributed by atoms with Crippen LogP contribution in [0, 0.1) is 10.5 Å². The maximum Gasteiger partial charge on any atom is 0.330 e. The summed E-state index contributed by atoms with van der Waals surface area (Å²) in [6.07, 6.45) is 2.54. The molecule has 1 heterocycles. The van der Waals surface area contributed by atoms with Gasteiger partial charge >= 0.3 is 5.97 Å². The largest absolute Gasteiger partial charge is 0.507 e. The smallest absolute Gasteiger partial charge is 0.330 e. The van der Waals surface area contributed by atoms with E-state index in [2.05, 4.69) is 4.74 Å². The second kappa shape index (κ2) is 5.66. The molecule has 0 spiro atoms. The number of fused-ring (bicyclic) bond motifs is 1. The number of aromatic hydroxyl groups is 1. The Morgan fingerprint density at radius 1 is 1.45 bits per heavy atom. The summed E-state index contributed by atoms with van der Waals surface area (Å²) in [6, 6.07) is 3.15. The van der Waals surface area contributed by atoms with Crippen molar-refractivity contribution in [2.75, 3.05) is 7.11 Å². The van der Waals surface area contributed by atoms with Crippen LogP contribution >= 0.6 is 22.6 Å². The van der Waals surface area contributed by atoms with E-state index < -0.39 is 5.97 Å². The molecule has 0 fully saturated rings. The van der Waals surface area contributed by atoms with Crippen LogP contribution in [0.25, 0.3) is 17.0 Å². The molecule has 5 nitrogen and oxygen atoms in total. The van der Waals surface area contributed by atoms with E-state index in [1.807, 2.05) is 22.6 Å². The summed E-state index contributed by atoms with van der Waals surface area (Å²) in [5.41, 5.74) is 0.702. The van der Waals surface area contributed by atoms with E-state index in [1.165, 1.54) is 25.3 Å². The fourth-order valence-corrected chi connectivity index (χ4v) is 2.31. The molecule has 2 aromatic rings. The highest BCUT2D eigenvalue weighted by Crippen LogP contribution is 2.26. The highest BCUT2D eigenvalue weighted by atomic mass is 127. The van der Waals surface area contributed by atoms with E-state index in [0.29, 0.717) is 0 Å². The molecule has 0 bridgehead atoms. The molecular weight excluding hydrogens is 375 g/mol. The minimum atomic E-state index is -0.546. The van der Waals surface area contributed by atoms with Gasteiger partial charge in [0.25, 0.3) is 0 Å². The van der Waals surface area contributed by atoms with Crippen molar-refractivity contribution < 1.29 is 19.1 Å². The zero-order valence-corrected chi connectivity index (χ0v) is 12.9. The number of rotatable bonds is 2. The molecule has 1 aromatic carbocycles. The molecule has 0 atom stereocenters. The molecule has 0 saturated carbocycles. The molecule has 0 amide bonds. The lowest BCUT2D eigenvalue weighted by Crippen LogP contribution is -2.08. The maximum absolute atomic E-state index is 12.2. The standard InChI is InChI=1S/C14H11IO5/c1-7-5-8(16)12-10(6-7)20-9(13(15)14(12)18)3-4-11(17)19-2/h3-6,16H,1-2H3/b4-3-. The van der Waals surface area contributed by atoms with E-state index >= 15 is 0 Å². The number of benzene rings is 1. The van der Waals surface area contributed by atoms with Crippen molar-refractivity contribution in [3.63, 3.8) is 0 Å². The summed E-state index contributed by atoms with van der Waals surface area (Å²) in [7, 11) is 1.26. The Balaban J connectivity index is 2.70. The third-order valence-electron chi connectivity index (χ3n) is 2.66. The van der Waals surface area contributed by atoms with E-state index in [4.69, 9.17) is 4.42 Å². The van der Waals surface area contributed by atoms with E-state index in [-0.39, 0.29) is 31.5 Å². The van der Waals surface area contributed by atoms with Crippen LogP contribution in [0.2, 0.25) is 0 Å². The predicted molar refractivity (Wildman–Crippen MR) is 82.7 cm³/mol. The first kappa shape index (κ1) is 14.6. The van der Waals surface area contributed by atoms with Gasteiger partial charge in [0, 0.05) is 6.08 Å². The number of hydrogen-bond donors (Lipinski definition) is 1. The SMILES string of the molecule is COC(=O)/C=C\c1oc2cc(C)cc(O)c2c(=O)c1I. The van der Waals surface area contributed by atoms with Crippen LogP contribution in [-0.2, 0) is 9.53 Å². The number of aryl methyl sites for hydroxylation is 1. The molecule has 20 heavy (non-hydrogen) atoms. The van der Waals surface area contributed by atoms with Gasteiger partial charge in [-0.2, -0.15) is 0 Å². The monoisotopic (exact) mass is 386 g/mol. The summed E-state index contributed by atoms with van der Waals surface area (Å²) in [5.74, 6) is -0.413. The molecule has 0 unspecified atom stereocenters. The number of ether oxygens (including phenoxy) is 1. The summed E-state index contributed by atoms with van der Waals surface area (Å²) < 4.78 is 10.3. The van der Waals surface area contributed by atoms with Crippen molar-refractivity contribution >= 4 is 45.6 Å². The second-order valence-electron chi connectivity index (χ2n) is 4.12. The number of phenols is 1. The Morgan fingerprint density at radius 2 is 2.15 bits per heavy atom. The number of carbonyl (C=O) groups excluding carboxylic acids is 1. The number of phenolic OH excluding ortho intramolecular Hbond substituents is 1. The topological polar surface area (TPSA) is 76.7 Å². The summed E-state index contributed by atoms with van der Waals surface area (Å²) in [5, 5.41) is 9.98. The lowest BCUT2D eigenvalue weighted by molar-refractivity contribution is -0.134. The summed E-state index contributed by atoms with van der Waals surface area (Å²) in [6.45, 7) is 1.78. The minimum Gasteiger partial charge on any atom is -0.507 e. The average Bonchev–Trinajstić information content (AvgIpc) is 2.39. The molecule has 2 rings (SSSR count). The fourth-order valence-electron chi connectivity index (χ4n) is 1.75. The molecule has 104 valence electrons. The molecule has 0 aliphatic heterocycles. The Morgan fingerprint density at radius 3 is 2.80 bits per heavy atom. The maximum atomic E-state index is 12.2. The highest BCUT2D eigenvalue weighted by molar-refractivity contribution is 14.1. The van der Waals surface area contributed by atoms with Gasteiger partial charge in [-0.25, -0.2) is 4.79 Å². The molecule has 1 aromatic heterocycles. The van der Waals surface area contributed by atoms with E-state index in [9.17, 15) is 14.7 Å². The molecule has 0 saturated heterocycles. The average molecular weight is 386 g/mol. The van der Waals surface area contributed by atoms with Crippen molar-refractivity contribution in [3.05, 3.63) is 43.3 Å². The van der Waals surface area contributed by atoms with Crippen LogP contribution in [0.5, 0.6) is 5.75 Å². The number of carbonyl (C=O) groups is 1. The van der Waals surface area contributed by atoms with Crippen molar-refractivity contribution in [3.8, 4) is 5.75 Å². The number of esters is 1. The van der Waals surface area contributed by atoms with Crippen molar-refractivity contribution in [2.24, 2.45) is 0 Å². The van der Waals surface area contributed by atoms with E-state index in [1.54, 1.807) is 13.0 Å². The van der Waals surface area contributed by atoms with Gasteiger partial charge < -0.3 is 14.3 Å². The zero-order valence-electron chi connectivity index (χ0n) is 10.8. The van der Waals surface area contributed by atoms with Crippen LogP contribution in [0.4, 0.5) is 0 Å². The molecule has 0 aliphatic carbocycles.